The van der Waals surface area contributed by atoms with Crippen LogP contribution in [0, 0.1) is 0 Å². The summed E-state index contributed by atoms with van der Waals surface area (Å²) in [6.45, 7) is 0. The summed E-state index contributed by atoms with van der Waals surface area (Å²) in [6, 6.07) is 54.2. The molecule has 0 spiro atoms. The van der Waals surface area contributed by atoms with Crippen molar-refractivity contribution in [1.82, 2.24) is 4.57 Å². The fraction of sp³-hybridized carbons (Fsp3) is 0.184. The molecule has 9 rings (SSSR count). The molecule has 2 aliphatic rings. The summed E-state index contributed by atoms with van der Waals surface area (Å²) in [5, 5.41) is 2.52. The van der Waals surface area contributed by atoms with Crippen LogP contribution in [0.15, 0.2) is 170 Å². The normalized spacial score (nSPS) is 16.4. The SMILES string of the molecule is C1=CCC(c2ccc(N(c3ccccc3)c3ccc4c5ccccc5n(-c5ccc(-c6ccc(C7CCCCCC7)cc6)cc5)c4c3)cc2)C=C1. The van der Waals surface area contributed by atoms with Crippen molar-refractivity contribution in [2.75, 3.05) is 4.90 Å². The van der Waals surface area contributed by atoms with Crippen molar-refractivity contribution in [2.45, 2.75) is 56.8 Å². The highest BCUT2D eigenvalue weighted by molar-refractivity contribution is 6.10. The van der Waals surface area contributed by atoms with Crippen molar-refractivity contribution >= 4 is 38.9 Å². The summed E-state index contributed by atoms with van der Waals surface area (Å²) in [6.07, 6.45) is 18.1. The maximum Gasteiger partial charge on any atom is 0.0561 e. The molecule has 1 unspecified atom stereocenters. The van der Waals surface area contributed by atoms with Crippen LogP contribution in [0.2, 0.25) is 0 Å². The van der Waals surface area contributed by atoms with Gasteiger partial charge >= 0.3 is 0 Å². The molecule has 2 heteroatoms. The van der Waals surface area contributed by atoms with Gasteiger partial charge in [0.25, 0.3) is 0 Å². The lowest BCUT2D eigenvalue weighted by molar-refractivity contribution is 0.592. The van der Waals surface area contributed by atoms with E-state index in [-0.39, 0.29) is 0 Å². The Labute approximate surface area is 302 Å². The van der Waals surface area contributed by atoms with Crippen molar-refractivity contribution in [3.63, 3.8) is 0 Å². The van der Waals surface area contributed by atoms with Crippen LogP contribution in [0.3, 0.4) is 0 Å². The maximum absolute atomic E-state index is 2.43. The molecule has 0 amide bonds. The number of allylic oxidation sites excluding steroid dienone is 4. The van der Waals surface area contributed by atoms with Gasteiger partial charge in [-0.1, -0.05) is 141 Å². The van der Waals surface area contributed by atoms with E-state index in [0.29, 0.717) is 5.92 Å². The first-order chi connectivity index (χ1) is 25.3. The van der Waals surface area contributed by atoms with Crippen molar-refractivity contribution in [3.05, 3.63) is 181 Å². The number of anilines is 3. The van der Waals surface area contributed by atoms with Gasteiger partial charge in [0, 0.05) is 39.4 Å². The van der Waals surface area contributed by atoms with Crippen molar-refractivity contribution in [2.24, 2.45) is 0 Å². The number of nitrogens with zero attached hydrogens (tertiary/aromatic N) is 2. The standard InChI is InChI=1S/C49H44N2/c1-2-6-14-36(13-5-1)38-21-23-39(24-22-38)41-27-31-44(32-28-41)51-48-20-12-11-19-46(48)47-34-33-45(35-49(47)51)50(42-17-9-4-10-18-42)43-29-25-40(26-30-43)37-15-7-3-8-16-37/h3-4,7-12,15,17-37H,1-2,5-6,13-14,16H2. The number of rotatable bonds is 7. The summed E-state index contributed by atoms with van der Waals surface area (Å²) in [4.78, 5) is 2.38. The highest BCUT2D eigenvalue weighted by Crippen LogP contribution is 2.40. The number of para-hydroxylation sites is 2. The molecule has 0 aliphatic heterocycles. The third-order valence-electron chi connectivity index (χ3n) is 11.2. The van der Waals surface area contributed by atoms with Crippen LogP contribution in [-0.4, -0.2) is 4.57 Å². The van der Waals surface area contributed by atoms with Gasteiger partial charge in [-0.25, -0.2) is 0 Å². The van der Waals surface area contributed by atoms with E-state index in [1.807, 2.05) is 0 Å². The Morgan fingerprint density at radius 2 is 1.12 bits per heavy atom. The van der Waals surface area contributed by atoms with E-state index < -0.39 is 0 Å². The minimum Gasteiger partial charge on any atom is -0.310 e. The Bertz CT molecular complexity index is 2320. The minimum atomic E-state index is 0.429. The first-order valence-electron chi connectivity index (χ1n) is 18.8. The molecule has 0 bridgehead atoms. The average molecular weight is 661 g/mol. The van der Waals surface area contributed by atoms with E-state index in [2.05, 4.69) is 179 Å². The van der Waals surface area contributed by atoms with E-state index >= 15 is 0 Å². The van der Waals surface area contributed by atoms with Gasteiger partial charge in [0.15, 0.2) is 0 Å². The first-order valence-corrected chi connectivity index (χ1v) is 18.8. The number of fused-ring (bicyclic) bond motifs is 3. The molecule has 0 N–H and O–H groups in total. The zero-order chi connectivity index (χ0) is 34.0. The highest BCUT2D eigenvalue weighted by atomic mass is 15.1. The lowest BCUT2D eigenvalue weighted by Gasteiger charge is -2.26. The smallest absolute Gasteiger partial charge is 0.0561 e. The van der Waals surface area contributed by atoms with E-state index in [4.69, 9.17) is 0 Å². The quantitative estimate of drug-likeness (QED) is 0.154. The van der Waals surface area contributed by atoms with Crippen LogP contribution in [0.25, 0.3) is 38.6 Å². The van der Waals surface area contributed by atoms with E-state index in [1.54, 1.807) is 0 Å². The summed E-state index contributed by atoms with van der Waals surface area (Å²) in [7, 11) is 0. The number of hydrogen-bond acceptors (Lipinski definition) is 1. The molecule has 7 aromatic rings. The maximum atomic E-state index is 2.43. The molecule has 1 atom stereocenters. The zero-order valence-electron chi connectivity index (χ0n) is 29.2. The summed E-state index contributed by atoms with van der Waals surface area (Å²) >= 11 is 0. The van der Waals surface area contributed by atoms with Gasteiger partial charge in [-0.05, 0) is 102 Å². The van der Waals surface area contributed by atoms with Crippen molar-refractivity contribution in [1.29, 1.82) is 0 Å². The van der Waals surface area contributed by atoms with Crippen molar-refractivity contribution < 1.29 is 0 Å². The van der Waals surface area contributed by atoms with Gasteiger partial charge in [-0.3, -0.25) is 0 Å². The second-order valence-electron chi connectivity index (χ2n) is 14.3. The van der Waals surface area contributed by atoms with Crippen LogP contribution in [0.5, 0.6) is 0 Å². The molecule has 51 heavy (non-hydrogen) atoms. The van der Waals surface area contributed by atoms with Gasteiger partial charge in [0.05, 0.1) is 11.0 Å². The fourth-order valence-corrected chi connectivity index (χ4v) is 8.46. The molecule has 1 heterocycles. The summed E-state index contributed by atoms with van der Waals surface area (Å²) in [5.41, 5.74) is 12.4. The van der Waals surface area contributed by atoms with Gasteiger partial charge in [0.1, 0.15) is 0 Å². The lowest BCUT2D eigenvalue weighted by Crippen LogP contribution is -2.10. The Kier molecular flexibility index (Phi) is 8.59. The topological polar surface area (TPSA) is 8.17 Å². The second-order valence-corrected chi connectivity index (χ2v) is 14.3. The minimum absolute atomic E-state index is 0.429. The Morgan fingerprint density at radius 3 is 1.84 bits per heavy atom. The zero-order valence-corrected chi connectivity index (χ0v) is 29.2. The molecule has 1 saturated carbocycles. The van der Waals surface area contributed by atoms with Gasteiger partial charge in [-0.15, -0.1) is 0 Å². The molecule has 250 valence electrons. The number of aromatic nitrogens is 1. The molecular formula is C49H44N2. The Balaban J connectivity index is 1.09. The van der Waals surface area contributed by atoms with Crippen molar-refractivity contribution in [3.8, 4) is 16.8 Å². The summed E-state index contributed by atoms with van der Waals surface area (Å²) in [5.74, 6) is 1.15. The molecule has 2 nitrogen and oxygen atoms in total. The predicted octanol–water partition coefficient (Wildman–Crippen LogP) is 14.0. The van der Waals surface area contributed by atoms with Crippen LogP contribution in [-0.2, 0) is 0 Å². The Morgan fingerprint density at radius 1 is 0.490 bits per heavy atom. The first kappa shape index (κ1) is 31.4. The van der Waals surface area contributed by atoms with Gasteiger partial charge in [0.2, 0.25) is 0 Å². The molecule has 2 aliphatic carbocycles. The van der Waals surface area contributed by atoms with E-state index in [0.717, 1.165) is 29.4 Å². The molecule has 6 aromatic carbocycles. The monoisotopic (exact) mass is 660 g/mol. The number of hydrogen-bond donors (Lipinski definition) is 0. The molecule has 1 fully saturated rings. The molecule has 0 radical (unpaired) electrons. The van der Waals surface area contributed by atoms with Gasteiger partial charge < -0.3 is 9.47 Å². The largest absolute Gasteiger partial charge is 0.310 e. The highest BCUT2D eigenvalue weighted by Gasteiger charge is 2.19. The average Bonchev–Trinajstić information content (AvgIpc) is 3.31. The predicted molar refractivity (Wildman–Crippen MR) is 217 cm³/mol. The summed E-state index contributed by atoms with van der Waals surface area (Å²) < 4.78 is 2.43. The second kappa shape index (κ2) is 14.0. The third-order valence-corrected chi connectivity index (χ3v) is 11.2. The lowest BCUT2D eigenvalue weighted by atomic mass is 9.90. The van der Waals surface area contributed by atoms with E-state index in [9.17, 15) is 0 Å². The fourth-order valence-electron chi connectivity index (χ4n) is 8.46. The van der Waals surface area contributed by atoms with Crippen LogP contribution >= 0.6 is 0 Å². The molecule has 0 saturated heterocycles. The third kappa shape index (κ3) is 6.21. The van der Waals surface area contributed by atoms with Crippen LogP contribution in [0.1, 0.15) is 67.9 Å². The Hall–Kier alpha value is -5.60. The molecular weight excluding hydrogens is 617 g/mol. The van der Waals surface area contributed by atoms with Crippen LogP contribution < -0.4 is 4.90 Å². The van der Waals surface area contributed by atoms with Gasteiger partial charge in [-0.2, -0.15) is 0 Å². The molecule has 1 aromatic heterocycles. The number of benzene rings is 6. The van der Waals surface area contributed by atoms with Crippen LogP contribution in [0.4, 0.5) is 17.1 Å². The van der Waals surface area contributed by atoms with E-state index in [1.165, 1.54) is 88.3 Å².